The second kappa shape index (κ2) is 19.8. The average Bonchev–Trinajstić information content (AvgIpc) is 3.87. The number of carboxylic acid groups (broad SMARTS) is 1. The highest BCUT2D eigenvalue weighted by atomic mass is 35.5. The van der Waals surface area contributed by atoms with Crippen LogP contribution in [-0.2, 0) is 16.8 Å². The molecule has 6 aromatic carbocycles. The molecule has 0 radical (unpaired) electrons. The molecule has 2 aliphatic rings. The molecule has 0 unspecified atom stereocenters. The second-order valence-corrected chi connectivity index (χ2v) is 14.7. The molecular weight excluding hydrogens is 805 g/mol. The standard InChI is InChI=1S/C28H28ClNO4.C19H15N4.2ClH/c29-25-9-6-21(20-4-2-1-3-5-20)16-22(25)18-33-23-7-8-24-26(17-23)34-19-28(24)11-14-30(15-12-28)13-10-27(31)32;1-4-10-16(11-5-1)19-20-22(17-12-6-2-7-13-17)23(21-19)18-14-8-3-9-15-18;;/h1-9,16-17H,10-15,18-19H2,(H,31,32);1-15H;2*1H/q;+1;;/p-1. The molecule has 2 aliphatic heterocycles. The summed E-state index contributed by atoms with van der Waals surface area (Å²) in [6.07, 6.45) is 2.14. The van der Waals surface area contributed by atoms with Crippen molar-refractivity contribution in [3.05, 3.63) is 174 Å². The largest absolute Gasteiger partial charge is 1.00 e. The molecule has 1 N–H and O–H groups in total. The van der Waals surface area contributed by atoms with Crippen LogP contribution in [0.25, 0.3) is 33.9 Å². The second-order valence-electron chi connectivity index (χ2n) is 14.3. The molecular formula is C47H44Cl3N5O4. The van der Waals surface area contributed by atoms with E-state index in [-0.39, 0.29) is 36.6 Å². The molecule has 0 bridgehead atoms. The summed E-state index contributed by atoms with van der Waals surface area (Å²) < 4.78 is 12.2. The Morgan fingerprint density at radius 1 is 0.780 bits per heavy atom. The van der Waals surface area contributed by atoms with Gasteiger partial charge in [-0.25, -0.2) is 0 Å². The van der Waals surface area contributed by atoms with E-state index in [0.29, 0.717) is 30.6 Å². The van der Waals surface area contributed by atoms with Gasteiger partial charge in [0.15, 0.2) is 5.69 Å². The van der Waals surface area contributed by atoms with Gasteiger partial charge >= 0.3 is 11.8 Å². The number of carbonyl (C=O) groups is 1. The molecule has 7 aromatic rings. The van der Waals surface area contributed by atoms with Gasteiger partial charge in [-0.15, -0.1) is 12.4 Å². The predicted octanol–water partition coefficient (Wildman–Crippen LogP) is 6.42. The minimum absolute atomic E-state index is 0. The summed E-state index contributed by atoms with van der Waals surface area (Å²) in [6, 6.07) is 52.4. The Balaban J connectivity index is 0.000000205. The third kappa shape index (κ3) is 10.1. The van der Waals surface area contributed by atoms with Crippen molar-refractivity contribution in [1.82, 2.24) is 19.9 Å². The van der Waals surface area contributed by atoms with E-state index < -0.39 is 5.97 Å². The van der Waals surface area contributed by atoms with Crippen LogP contribution < -0.4 is 26.7 Å². The molecule has 0 amide bonds. The lowest BCUT2D eigenvalue weighted by Crippen LogP contribution is -3.00. The summed E-state index contributed by atoms with van der Waals surface area (Å²) in [5.41, 5.74) is 7.37. The number of halogens is 3. The zero-order valence-electron chi connectivity index (χ0n) is 32.2. The SMILES string of the molecule is Cl.O=C(O)CCN1CCC2(CC1)COc1cc(OCc3cc(-c4ccccc4)ccc3Cl)ccc12.[Cl-].c1ccc(-c2nn(-c3ccccc3)[n+](-c3ccccc3)n2)cc1. The van der Waals surface area contributed by atoms with Crippen LogP contribution in [0.2, 0.25) is 5.02 Å². The van der Waals surface area contributed by atoms with Gasteiger partial charge < -0.3 is 31.9 Å². The van der Waals surface area contributed by atoms with Crippen molar-refractivity contribution in [2.75, 3.05) is 26.2 Å². The van der Waals surface area contributed by atoms with Gasteiger partial charge in [-0.05, 0) is 102 Å². The maximum absolute atomic E-state index is 10.9. The van der Waals surface area contributed by atoms with Gasteiger partial charge in [-0.1, -0.05) is 109 Å². The number of nitrogens with zero attached hydrogens (tertiary/aromatic N) is 5. The fraction of sp³-hybridized carbons (Fsp3) is 0.191. The molecule has 1 fully saturated rings. The molecule has 1 aromatic heterocycles. The highest BCUT2D eigenvalue weighted by Gasteiger charge is 2.43. The minimum atomic E-state index is -0.740. The monoisotopic (exact) mass is 847 g/mol. The first-order valence-corrected chi connectivity index (χ1v) is 19.6. The number of aliphatic carboxylic acids is 1. The zero-order chi connectivity index (χ0) is 39.0. The summed E-state index contributed by atoms with van der Waals surface area (Å²) in [7, 11) is 0. The van der Waals surface area contributed by atoms with Crippen molar-refractivity contribution in [3.8, 4) is 45.4 Å². The van der Waals surface area contributed by atoms with E-state index in [1.165, 1.54) is 5.56 Å². The molecule has 59 heavy (non-hydrogen) atoms. The Morgan fingerprint density at radius 3 is 2.07 bits per heavy atom. The van der Waals surface area contributed by atoms with E-state index in [1.54, 1.807) is 0 Å². The van der Waals surface area contributed by atoms with Gasteiger partial charge in [-0.2, -0.15) is 0 Å². The van der Waals surface area contributed by atoms with Crippen LogP contribution in [0.5, 0.6) is 11.5 Å². The van der Waals surface area contributed by atoms with Crippen molar-refractivity contribution in [1.29, 1.82) is 0 Å². The van der Waals surface area contributed by atoms with Gasteiger partial charge in [0.25, 0.3) is 0 Å². The van der Waals surface area contributed by atoms with Gasteiger partial charge in [0.1, 0.15) is 23.8 Å². The van der Waals surface area contributed by atoms with Crippen LogP contribution in [0.1, 0.15) is 30.4 Å². The van der Waals surface area contributed by atoms with Gasteiger partial charge in [0, 0.05) is 39.0 Å². The Morgan fingerprint density at radius 2 is 1.41 bits per heavy atom. The number of hydrogen-bond acceptors (Lipinski definition) is 6. The summed E-state index contributed by atoms with van der Waals surface area (Å²) in [5.74, 6) is 1.60. The number of aromatic nitrogens is 4. The Labute approximate surface area is 361 Å². The number of carboxylic acids is 1. The van der Waals surface area contributed by atoms with Crippen LogP contribution in [0.4, 0.5) is 0 Å². The van der Waals surface area contributed by atoms with Crippen molar-refractivity contribution in [2.45, 2.75) is 31.3 Å². The number of rotatable bonds is 10. The molecule has 9 nitrogen and oxygen atoms in total. The third-order valence-electron chi connectivity index (χ3n) is 10.6. The summed E-state index contributed by atoms with van der Waals surface area (Å²) in [6.45, 7) is 3.45. The third-order valence-corrected chi connectivity index (χ3v) is 11.0. The van der Waals surface area contributed by atoms with Gasteiger partial charge in [0.2, 0.25) is 0 Å². The Bertz CT molecular complexity index is 2370. The minimum Gasteiger partial charge on any atom is -1.00 e. The molecule has 302 valence electrons. The molecule has 0 saturated carbocycles. The lowest BCUT2D eigenvalue weighted by atomic mass is 9.74. The number of hydrogen-bond donors (Lipinski definition) is 1. The first-order chi connectivity index (χ1) is 27.9. The number of piperidine rings is 1. The Hall–Kier alpha value is -5.71. The molecule has 1 spiro atoms. The average molecular weight is 849 g/mol. The fourth-order valence-corrected chi connectivity index (χ4v) is 7.59. The quantitative estimate of drug-likeness (QED) is 0.159. The van der Waals surface area contributed by atoms with E-state index >= 15 is 0 Å². The van der Waals surface area contributed by atoms with Crippen LogP contribution in [0.3, 0.4) is 0 Å². The van der Waals surface area contributed by atoms with E-state index in [0.717, 1.165) is 71.1 Å². The molecule has 12 heteroatoms. The molecule has 1 saturated heterocycles. The molecule has 0 aliphatic carbocycles. The van der Waals surface area contributed by atoms with Crippen LogP contribution in [0, 0.1) is 0 Å². The van der Waals surface area contributed by atoms with Gasteiger partial charge in [0.05, 0.1) is 23.7 Å². The topological polar surface area (TPSA) is 93.6 Å². The summed E-state index contributed by atoms with van der Waals surface area (Å²) in [5, 5.41) is 19.0. The summed E-state index contributed by atoms with van der Waals surface area (Å²) >= 11 is 6.45. The first kappa shape index (κ1) is 42.9. The van der Waals surface area contributed by atoms with Crippen LogP contribution >= 0.6 is 24.0 Å². The van der Waals surface area contributed by atoms with E-state index in [2.05, 4.69) is 29.2 Å². The maximum atomic E-state index is 10.9. The van der Waals surface area contributed by atoms with E-state index in [4.69, 9.17) is 36.4 Å². The molecule has 3 heterocycles. The number of para-hydroxylation sites is 2. The number of likely N-dealkylation sites (tertiary alicyclic amines) is 1. The van der Waals surface area contributed by atoms with E-state index in [1.807, 2.05) is 143 Å². The highest BCUT2D eigenvalue weighted by Crippen LogP contribution is 2.46. The zero-order valence-corrected chi connectivity index (χ0v) is 34.6. The fourth-order valence-electron chi connectivity index (χ4n) is 7.42. The van der Waals surface area contributed by atoms with Crippen LogP contribution in [-0.4, -0.2) is 57.2 Å². The normalized spacial score (nSPS) is 13.8. The predicted molar refractivity (Wildman–Crippen MR) is 228 cm³/mol. The maximum Gasteiger partial charge on any atom is 0.340 e. The molecule has 0 atom stereocenters. The lowest BCUT2D eigenvalue weighted by Gasteiger charge is -2.38. The Kier molecular flexibility index (Phi) is 14.4. The number of fused-ring (bicyclic) bond motifs is 2. The van der Waals surface area contributed by atoms with Crippen molar-refractivity contribution in [3.63, 3.8) is 0 Å². The van der Waals surface area contributed by atoms with Gasteiger partial charge in [-0.3, -0.25) is 4.79 Å². The highest BCUT2D eigenvalue weighted by molar-refractivity contribution is 6.31. The van der Waals surface area contributed by atoms with Crippen LogP contribution in [0.15, 0.2) is 158 Å². The number of benzene rings is 6. The van der Waals surface area contributed by atoms with E-state index in [9.17, 15) is 4.79 Å². The smallest absolute Gasteiger partial charge is 0.340 e. The number of ether oxygens (including phenoxy) is 2. The summed E-state index contributed by atoms with van der Waals surface area (Å²) in [4.78, 5) is 16.7. The lowest BCUT2D eigenvalue weighted by molar-refractivity contribution is -0.734. The number of tetrazole rings is 1. The van der Waals surface area contributed by atoms with Crippen molar-refractivity contribution in [2.24, 2.45) is 0 Å². The first-order valence-electron chi connectivity index (χ1n) is 19.2. The molecule has 9 rings (SSSR count). The van der Waals surface area contributed by atoms with Crippen molar-refractivity contribution < 1.29 is 36.6 Å². The van der Waals surface area contributed by atoms with Crippen molar-refractivity contribution >= 4 is 30.0 Å².